The standard InChI is InChI=1S/C18H19ClN6O2/c1-23-17-13(10-22-23)18(21-12-20-17)25-8-6-24(7-9-25)16(26)11-27-15-5-3-2-4-14(15)19/h2-5,10,12H,6-9,11H2,1H3. The molecule has 8 nitrogen and oxygen atoms in total. The predicted molar refractivity (Wildman–Crippen MR) is 102 cm³/mol. The van der Waals surface area contributed by atoms with Crippen LogP contribution in [-0.2, 0) is 11.8 Å². The minimum Gasteiger partial charge on any atom is -0.482 e. The fraction of sp³-hybridized carbons (Fsp3) is 0.333. The van der Waals surface area contributed by atoms with Crippen molar-refractivity contribution in [2.45, 2.75) is 0 Å². The molecule has 1 fully saturated rings. The van der Waals surface area contributed by atoms with Gasteiger partial charge in [0.1, 0.15) is 17.9 Å². The lowest BCUT2D eigenvalue weighted by Gasteiger charge is -2.35. The third kappa shape index (κ3) is 3.52. The van der Waals surface area contributed by atoms with Gasteiger partial charge in [0.25, 0.3) is 5.91 Å². The van der Waals surface area contributed by atoms with Gasteiger partial charge in [0.05, 0.1) is 16.6 Å². The lowest BCUT2D eigenvalue weighted by atomic mass is 10.2. The molecule has 0 spiro atoms. The molecule has 9 heteroatoms. The van der Waals surface area contributed by atoms with Gasteiger partial charge in [-0.25, -0.2) is 9.97 Å². The first-order valence-electron chi connectivity index (χ1n) is 8.66. The van der Waals surface area contributed by atoms with E-state index in [9.17, 15) is 4.79 Å². The van der Waals surface area contributed by atoms with Crippen LogP contribution in [0.1, 0.15) is 0 Å². The first-order valence-corrected chi connectivity index (χ1v) is 9.04. The zero-order valence-corrected chi connectivity index (χ0v) is 15.6. The molecule has 3 aromatic rings. The van der Waals surface area contributed by atoms with E-state index in [0.717, 1.165) is 16.9 Å². The van der Waals surface area contributed by atoms with Crippen molar-refractivity contribution in [3.63, 3.8) is 0 Å². The zero-order chi connectivity index (χ0) is 18.8. The Morgan fingerprint density at radius 2 is 1.96 bits per heavy atom. The number of ether oxygens (including phenoxy) is 1. The van der Waals surface area contributed by atoms with Gasteiger partial charge in [-0.15, -0.1) is 0 Å². The molecule has 0 radical (unpaired) electrons. The topological polar surface area (TPSA) is 76.4 Å². The number of hydrogen-bond donors (Lipinski definition) is 0. The second kappa shape index (κ2) is 7.40. The van der Waals surface area contributed by atoms with Crippen LogP contribution in [0.4, 0.5) is 5.82 Å². The highest BCUT2D eigenvalue weighted by Gasteiger charge is 2.24. The number of aromatic nitrogens is 4. The molecule has 140 valence electrons. The number of hydrogen-bond acceptors (Lipinski definition) is 6. The summed E-state index contributed by atoms with van der Waals surface area (Å²) in [6.45, 7) is 2.58. The molecule has 0 saturated carbocycles. The molecule has 27 heavy (non-hydrogen) atoms. The molecule has 1 aromatic carbocycles. The molecular formula is C18H19ClN6O2. The Kier molecular flexibility index (Phi) is 4.81. The summed E-state index contributed by atoms with van der Waals surface area (Å²) in [6.07, 6.45) is 3.33. The van der Waals surface area contributed by atoms with E-state index >= 15 is 0 Å². The quantitative estimate of drug-likeness (QED) is 0.680. The highest BCUT2D eigenvalue weighted by Crippen LogP contribution is 2.24. The molecule has 0 unspecified atom stereocenters. The van der Waals surface area contributed by atoms with Gasteiger partial charge in [-0.1, -0.05) is 23.7 Å². The number of fused-ring (bicyclic) bond motifs is 1. The third-order valence-corrected chi connectivity index (χ3v) is 4.94. The van der Waals surface area contributed by atoms with Crippen molar-refractivity contribution < 1.29 is 9.53 Å². The molecule has 0 aliphatic carbocycles. The Bertz CT molecular complexity index is 967. The number of benzene rings is 1. The number of rotatable bonds is 4. The molecule has 3 heterocycles. The Balaban J connectivity index is 1.37. The number of nitrogens with zero attached hydrogens (tertiary/aromatic N) is 6. The van der Waals surface area contributed by atoms with Gasteiger partial charge in [0, 0.05) is 33.2 Å². The first kappa shape index (κ1) is 17.5. The van der Waals surface area contributed by atoms with E-state index in [2.05, 4.69) is 20.0 Å². The maximum atomic E-state index is 12.4. The van der Waals surface area contributed by atoms with Gasteiger partial charge in [-0.3, -0.25) is 9.48 Å². The summed E-state index contributed by atoms with van der Waals surface area (Å²) in [5, 5.41) is 5.67. The van der Waals surface area contributed by atoms with E-state index < -0.39 is 0 Å². The van der Waals surface area contributed by atoms with Crippen molar-refractivity contribution >= 4 is 34.4 Å². The lowest BCUT2D eigenvalue weighted by molar-refractivity contribution is -0.133. The van der Waals surface area contributed by atoms with E-state index in [4.69, 9.17) is 16.3 Å². The van der Waals surface area contributed by atoms with Crippen molar-refractivity contribution in [2.24, 2.45) is 7.05 Å². The van der Waals surface area contributed by atoms with Crippen molar-refractivity contribution in [1.29, 1.82) is 0 Å². The average Bonchev–Trinajstić information content (AvgIpc) is 3.08. The largest absolute Gasteiger partial charge is 0.482 e. The number of piperazine rings is 1. The van der Waals surface area contributed by atoms with Crippen LogP contribution in [0.5, 0.6) is 5.75 Å². The molecule has 0 N–H and O–H groups in total. The first-order chi connectivity index (χ1) is 13.1. The van der Waals surface area contributed by atoms with Crippen LogP contribution in [-0.4, -0.2) is 63.3 Å². The van der Waals surface area contributed by atoms with Gasteiger partial charge < -0.3 is 14.5 Å². The molecule has 2 aromatic heterocycles. The number of anilines is 1. The van der Waals surface area contributed by atoms with E-state index in [0.29, 0.717) is 37.0 Å². The summed E-state index contributed by atoms with van der Waals surface area (Å²) in [5.74, 6) is 1.32. The minimum absolute atomic E-state index is 0.0237. The van der Waals surface area contributed by atoms with Gasteiger partial charge in [-0.2, -0.15) is 5.10 Å². The lowest BCUT2D eigenvalue weighted by Crippen LogP contribution is -2.50. The molecule has 1 amide bonds. The van der Waals surface area contributed by atoms with Crippen molar-refractivity contribution in [3.05, 3.63) is 41.8 Å². The summed E-state index contributed by atoms with van der Waals surface area (Å²) in [7, 11) is 1.86. The molecule has 1 saturated heterocycles. The predicted octanol–water partition coefficient (Wildman–Crippen LogP) is 1.74. The second-order valence-electron chi connectivity index (χ2n) is 6.29. The SMILES string of the molecule is Cn1ncc2c(N3CCN(C(=O)COc4ccccc4Cl)CC3)ncnc21. The van der Waals surface area contributed by atoms with Crippen LogP contribution in [0.2, 0.25) is 5.02 Å². The Morgan fingerprint density at radius 3 is 2.74 bits per heavy atom. The Labute approximate surface area is 161 Å². The molecule has 0 bridgehead atoms. The van der Waals surface area contributed by atoms with Crippen LogP contribution in [0.3, 0.4) is 0 Å². The number of amides is 1. The van der Waals surface area contributed by atoms with E-state index in [1.807, 2.05) is 19.2 Å². The fourth-order valence-corrected chi connectivity index (χ4v) is 3.35. The highest BCUT2D eigenvalue weighted by atomic mass is 35.5. The third-order valence-electron chi connectivity index (χ3n) is 4.63. The minimum atomic E-state index is -0.0521. The number of aryl methyl sites for hydroxylation is 1. The summed E-state index contributed by atoms with van der Waals surface area (Å²) >= 11 is 6.05. The maximum Gasteiger partial charge on any atom is 0.260 e. The second-order valence-corrected chi connectivity index (χ2v) is 6.70. The highest BCUT2D eigenvalue weighted by molar-refractivity contribution is 6.32. The Morgan fingerprint density at radius 1 is 1.19 bits per heavy atom. The van der Waals surface area contributed by atoms with Crippen LogP contribution in [0, 0.1) is 0 Å². The van der Waals surface area contributed by atoms with Gasteiger partial charge in [-0.05, 0) is 12.1 Å². The average molecular weight is 387 g/mol. The number of carbonyl (C=O) groups excluding carboxylic acids is 1. The number of para-hydroxylation sites is 1. The van der Waals surface area contributed by atoms with Crippen LogP contribution < -0.4 is 9.64 Å². The van der Waals surface area contributed by atoms with E-state index in [1.165, 1.54) is 0 Å². The van der Waals surface area contributed by atoms with Crippen LogP contribution >= 0.6 is 11.6 Å². The van der Waals surface area contributed by atoms with E-state index in [-0.39, 0.29) is 12.5 Å². The van der Waals surface area contributed by atoms with Crippen molar-refractivity contribution in [2.75, 3.05) is 37.7 Å². The fourth-order valence-electron chi connectivity index (χ4n) is 3.16. The van der Waals surface area contributed by atoms with Crippen molar-refractivity contribution in [1.82, 2.24) is 24.6 Å². The summed E-state index contributed by atoms with van der Waals surface area (Å²) in [4.78, 5) is 25.1. The normalized spacial score (nSPS) is 14.6. The summed E-state index contributed by atoms with van der Waals surface area (Å²) in [5.41, 5.74) is 0.798. The summed E-state index contributed by atoms with van der Waals surface area (Å²) < 4.78 is 7.28. The number of carbonyl (C=O) groups is 1. The maximum absolute atomic E-state index is 12.4. The van der Waals surface area contributed by atoms with Crippen LogP contribution in [0.25, 0.3) is 11.0 Å². The van der Waals surface area contributed by atoms with E-state index in [1.54, 1.807) is 34.2 Å². The molecule has 0 atom stereocenters. The monoisotopic (exact) mass is 386 g/mol. The van der Waals surface area contributed by atoms with Crippen molar-refractivity contribution in [3.8, 4) is 5.75 Å². The zero-order valence-electron chi connectivity index (χ0n) is 14.9. The smallest absolute Gasteiger partial charge is 0.260 e. The summed E-state index contributed by atoms with van der Waals surface area (Å²) in [6, 6.07) is 7.14. The van der Waals surface area contributed by atoms with Crippen LogP contribution in [0.15, 0.2) is 36.8 Å². The molecule has 1 aliphatic heterocycles. The molecular weight excluding hydrogens is 368 g/mol. The van der Waals surface area contributed by atoms with Gasteiger partial charge >= 0.3 is 0 Å². The Hall–Kier alpha value is -2.87. The van der Waals surface area contributed by atoms with Gasteiger partial charge in [0.15, 0.2) is 12.3 Å². The number of halogens is 1. The molecule has 4 rings (SSSR count). The van der Waals surface area contributed by atoms with Gasteiger partial charge in [0.2, 0.25) is 0 Å². The molecule has 1 aliphatic rings.